The first-order chi connectivity index (χ1) is 14.3. The number of nitrogens with one attached hydrogen (secondary N) is 1. The van der Waals surface area contributed by atoms with E-state index in [-0.39, 0.29) is 19.0 Å². The Labute approximate surface area is 179 Å². The molecule has 0 aliphatic carbocycles. The van der Waals surface area contributed by atoms with Crippen molar-refractivity contribution < 1.29 is 13.2 Å². The van der Waals surface area contributed by atoms with Crippen LogP contribution in [0.1, 0.15) is 28.7 Å². The summed E-state index contributed by atoms with van der Waals surface area (Å²) in [4.78, 5) is 14.7. The van der Waals surface area contributed by atoms with Gasteiger partial charge in [0.25, 0.3) is 0 Å². The average Bonchev–Trinajstić information content (AvgIpc) is 2.71. The lowest BCUT2D eigenvalue weighted by molar-refractivity contribution is -0.121. The van der Waals surface area contributed by atoms with Gasteiger partial charge in [0.15, 0.2) is 0 Å². The van der Waals surface area contributed by atoms with Gasteiger partial charge in [0, 0.05) is 32.7 Å². The minimum Gasteiger partial charge on any atom is -0.355 e. The summed E-state index contributed by atoms with van der Waals surface area (Å²) in [5.41, 5.74) is 4.79. The number of carbonyl (C=O) groups is 1. The predicted octanol–water partition coefficient (Wildman–Crippen LogP) is 2.32. The van der Waals surface area contributed by atoms with Crippen LogP contribution < -0.4 is 5.32 Å². The molecule has 162 valence electrons. The van der Waals surface area contributed by atoms with Crippen molar-refractivity contribution in [3.05, 3.63) is 70.8 Å². The van der Waals surface area contributed by atoms with Crippen LogP contribution in [0.15, 0.2) is 48.5 Å². The summed E-state index contributed by atoms with van der Waals surface area (Å²) in [7, 11) is -3.48. The molecule has 0 radical (unpaired) electrons. The molecule has 1 aliphatic heterocycles. The Balaban J connectivity index is 1.43. The SMILES string of the molecule is Cc1ccc(CN(CC(=O)NCCCN2CCc3ccccc3C2)S(C)(=O)=O)cc1. The number of fused-ring (bicyclic) bond motifs is 1. The second-order valence-corrected chi connectivity index (χ2v) is 10.00. The Hall–Kier alpha value is -2.22. The highest BCUT2D eigenvalue weighted by molar-refractivity contribution is 7.88. The predicted molar refractivity (Wildman–Crippen MR) is 119 cm³/mol. The number of hydrogen-bond acceptors (Lipinski definition) is 4. The third-order valence-electron chi connectivity index (χ3n) is 5.45. The maximum atomic E-state index is 12.3. The summed E-state index contributed by atoms with van der Waals surface area (Å²) >= 11 is 0. The lowest BCUT2D eigenvalue weighted by Gasteiger charge is -2.28. The van der Waals surface area contributed by atoms with Crippen molar-refractivity contribution in [2.75, 3.05) is 32.4 Å². The molecule has 1 amide bonds. The van der Waals surface area contributed by atoms with Crippen LogP contribution in [0.25, 0.3) is 0 Å². The number of carbonyl (C=O) groups excluding carboxylic acids is 1. The van der Waals surface area contributed by atoms with E-state index in [0.717, 1.165) is 49.9 Å². The third-order valence-corrected chi connectivity index (χ3v) is 6.65. The lowest BCUT2D eigenvalue weighted by atomic mass is 10.00. The van der Waals surface area contributed by atoms with Crippen molar-refractivity contribution in [3.8, 4) is 0 Å². The highest BCUT2D eigenvalue weighted by Crippen LogP contribution is 2.18. The second kappa shape index (κ2) is 10.2. The van der Waals surface area contributed by atoms with Gasteiger partial charge in [-0.05, 0) is 36.5 Å². The average molecular weight is 430 g/mol. The Morgan fingerprint density at radius 1 is 1.10 bits per heavy atom. The van der Waals surface area contributed by atoms with E-state index in [1.54, 1.807) is 0 Å². The van der Waals surface area contributed by atoms with Crippen molar-refractivity contribution in [3.63, 3.8) is 0 Å². The summed E-state index contributed by atoms with van der Waals surface area (Å²) in [5, 5.41) is 2.87. The molecule has 3 rings (SSSR count). The van der Waals surface area contributed by atoms with Crippen molar-refractivity contribution >= 4 is 15.9 Å². The van der Waals surface area contributed by atoms with Gasteiger partial charge in [-0.3, -0.25) is 9.69 Å². The van der Waals surface area contributed by atoms with E-state index in [0.29, 0.717) is 6.54 Å². The number of rotatable bonds is 9. The fourth-order valence-corrected chi connectivity index (χ4v) is 4.41. The minimum atomic E-state index is -3.48. The number of benzene rings is 2. The van der Waals surface area contributed by atoms with Crippen LogP contribution in [-0.4, -0.2) is 56.0 Å². The molecule has 0 bridgehead atoms. The highest BCUT2D eigenvalue weighted by Gasteiger charge is 2.20. The summed E-state index contributed by atoms with van der Waals surface area (Å²) in [6.07, 6.45) is 3.04. The zero-order valence-electron chi connectivity index (χ0n) is 17.8. The molecule has 0 aromatic heterocycles. The molecule has 0 saturated carbocycles. The van der Waals surface area contributed by atoms with Gasteiger partial charge in [-0.25, -0.2) is 8.42 Å². The molecule has 0 fully saturated rings. The Kier molecular flexibility index (Phi) is 7.64. The van der Waals surface area contributed by atoms with Gasteiger partial charge in [-0.2, -0.15) is 4.31 Å². The molecule has 0 unspecified atom stereocenters. The van der Waals surface area contributed by atoms with E-state index in [2.05, 4.69) is 34.5 Å². The van der Waals surface area contributed by atoms with Crippen LogP contribution in [0.4, 0.5) is 0 Å². The van der Waals surface area contributed by atoms with Crippen molar-refractivity contribution in [2.24, 2.45) is 0 Å². The number of hydrogen-bond donors (Lipinski definition) is 1. The summed E-state index contributed by atoms with van der Waals surface area (Å²) in [6, 6.07) is 16.2. The van der Waals surface area contributed by atoms with E-state index in [1.807, 2.05) is 31.2 Å². The van der Waals surface area contributed by atoms with Crippen LogP contribution in [0.5, 0.6) is 0 Å². The normalized spacial score (nSPS) is 14.5. The van der Waals surface area contributed by atoms with Gasteiger partial charge in [0.05, 0.1) is 12.8 Å². The molecule has 1 aliphatic rings. The first kappa shape index (κ1) is 22.5. The molecule has 6 nitrogen and oxygen atoms in total. The zero-order chi connectivity index (χ0) is 21.6. The van der Waals surface area contributed by atoms with E-state index in [9.17, 15) is 13.2 Å². The van der Waals surface area contributed by atoms with E-state index in [1.165, 1.54) is 15.4 Å². The first-order valence-electron chi connectivity index (χ1n) is 10.4. The minimum absolute atomic E-state index is 0.163. The number of sulfonamides is 1. The molecule has 1 heterocycles. The van der Waals surface area contributed by atoms with Gasteiger partial charge < -0.3 is 5.32 Å². The lowest BCUT2D eigenvalue weighted by Crippen LogP contribution is -2.40. The molecule has 7 heteroatoms. The van der Waals surface area contributed by atoms with Crippen molar-refractivity contribution in [1.29, 1.82) is 0 Å². The first-order valence-corrected chi connectivity index (χ1v) is 12.2. The highest BCUT2D eigenvalue weighted by atomic mass is 32.2. The molecule has 2 aromatic rings. The Bertz CT molecular complexity index is 958. The molecular weight excluding hydrogens is 398 g/mol. The van der Waals surface area contributed by atoms with Gasteiger partial charge in [-0.1, -0.05) is 54.1 Å². The van der Waals surface area contributed by atoms with E-state index >= 15 is 0 Å². The molecule has 30 heavy (non-hydrogen) atoms. The fraction of sp³-hybridized carbons (Fsp3) is 0.435. The van der Waals surface area contributed by atoms with Gasteiger partial charge in [0.2, 0.25) is 15.9 Å². The van der Waals surface area contributed by atoms with Gasteiger partial charge in [-0.15, -0.1) is 0 Å². The smallest absolute Gasteiger partial charge is 0.235 e. The van der Waals surface area contributed by atoms with Crippen LogP contribution in [0.3, 0.4) is 0 Å². The van der Waals surface area contributed by atoms with Gasteiger partial charge in [0.1, 0.15) is 0 Å². The number of nitrogens with zero attached hydrogens (tertiary/aromatic N) is 2. The summed E-state index contributed by atoms with van der Waals surface area (Å²) < 4.78 is 25.4. The standard InChI is InChI=1S/C23H31N3O3S/c1-19-8-10-20(11-9-19)16-26(30(2,28)29)18-23(27)24-13-5-14-25-15-12-21-6-3-4-7-22(21)17-25/h3-4,6-11H,5,12-18H2,1-2H3,(H,24,27). The molecule has 1 N–H and O–H groups in total. The second-order valence-electron chi connectivity index (χ2n) is 8.02. The van der Waals surface area contributed by atoms with Gasteiger partial charge >= 0.3 is 0 Å². The summed E-state index contributed by atoms with van der Waals surface area (Å²) in [6.45, 7) is 5.44. The summed E-state index contributed by atoms with van der Waals surface area (Å²) in [5.74, 6) is -0.267. The van der Waals surface area contributed by atoms with Crippen LogP contribution >= 0.6 is 0 Å². The molecule has 0 atom stereocenters. The fourth-order valence-electron chi connectivity index (χ4n) is 3.68. The molecule has 0 saturated heterocycles. The topological polar surface area (TPSA) is 69.7 Å². The number of aryl methyl sites for hydroxylation is 1. The maximum Gasteiger partial charge on any atom is 0.235 e. The Morgan fingerprint density at radius 3 is 2.50 bits per heavy atom. The van der Waals surface area contributed by atoms with Crippen molar-refractivity contribution in [1.82, 2.24) is 14.5 Å². The third kappa shape index (κ3) is 6.65. The van der Waals surface area contributed by atoms with E-state index in [4.69, 9.17) is 0 Å². The number of amides is 1. The molecular formula is C23H31N3O3S. The van der Waals surface area contributed by atoms with E-state index < -0.39 is 10.0 Å². The van der Waals surface area contributed by atoms with Crippen LogP contribution in [0, 0.1) is 6.92 Å². The van der Waals surface area contributed by atoms with Crippen LogP contribution in [0.2, 0.25) is 0 Å². The van der Waals surface area contributed by atoms with Crippen molar-refractivity contribution in [2.45, 2.75) is 32.9 Å². The largest absolute Gasteiger partial charge is 0.355 e. The van der Waals surface area contributed by atoms with Crippen LogP contribution in [-0.2, 0) is 34.3 Å². The Morgan fingerprint density at radius 2 is 1.80 bits per heavy atom. The maximum absolute atomic E-state index is 12.3. The molecule has 0 spiro atoms. The zero-order valence-corrected chi connectivity index (χ0v) is 18.6. The quantitative estimate of drug-likeness (QED) is 0.621. The molecule has 2 aromatic carbocycles. The monoisotopic (exact) mass is 429 g/mol.